The Balaban J connectivity index is 0.000000133. The van der Waals surface area contributed by atoms with Gasteiger partial charge in [0.2, 0.25) is 0 Å². The van der Waals surface area contributed by atoms with Crippen molar-refractivity contribution in [3.8, 4) is 22.5 Å². The molecule has 0 amide bonds. The molecule has 3 saturated heterocycles. The summed E-state index contributed by atoms with van der Waals surface area (Å²) in [5.41, 5.74) is 10.9. The number of hydrogen-bond acceptors (Lipinski definition) is 11. The van der Waals surface area contributed by atoms with E-state index in [1.54, 1.807) is 0 Å². The third kappa shape index (κ3) is 5.70. The van der Waals surface area contributed by atoms with Crippen LogP contribution in [-0.4, -0.2) is 68.0 Å². The molecule has 3 aliphatic heterocycles. The summed E-state index contributed by atoms with van der Waals surface area (Å²) >= 11 is 0. The Morgan fingerprint density at radius 1 is 0.586 bits per heavy atom. The smallest absolute Gasteiger partial charge is 0.345 e. The molecule has 1 aliphatic carbocycles. The van der Waals surface area contributed by atoms with Gasteiger partial charge < -0.3 is 32.8 Å². The lowest BCUT2D eigenvalue weighted by Gasteiger charge is -2.57. The Morgan fingerprint density at radius 2 is 1.05 bits per heavy atom. The summed E-state index contributed by atoms with van der Waals surface area (Å²) in [5.74, 6) is 0. The van der Waals surface area contributed by atoms with Crippen molar-refractivity contribution in [2.24, 2.45) is 10.8 Å². The topological polar surface area (TPSA) is 139 Å². The molecule has 8 aromatic rings. The number of aromatic nitrogens is 6. The normalized spacial score (nSPS) is 17.7. The average molecular weight is 774 g/mol. The number of imidazole rings is 2. The van der Waals surface area contributed by atoms with Gasteiger partial charge >= 0.3 is 11.3 Å². The molecular weight excluding hydrogens is 731 g/mol. The zero-order valence-corrected chi connectivity index (χ0v) is 33.0. The molecule has 292 valence electrons. The van der Waals surface area contributed by atoms with E-state index >= 15 is 0 Å². The summed E-state index contributed by atoms with van der Waals surface area (Å²) in [6.07, 6.45) is 11.6. The van der Waals surface area contributed by atoms with Crippen LogP contribution < -0.4 is 26.4 Å². The number of benzene rings is 2. The van der Waals surface area contributed by atoms with Gasteiger partial charge in [-0.3, -0.25) is 9.97 Å². The average Bonchev–Trinajstić information content (AvgIpc) is 3.74. The van der Waals surface area contributed by atoms with Crippen LogP contribution in [0.2, 0.25) is 0 Å². The van der Waals surface area contributed by atoms with Crippen molar-refractivity contribution in [3.63, 3.8) is 0 Å². The number of hydrogen-bond donors (Lipinski definition) is 1. The number of rotatable bonds is 4. The maximum Gasteiger partial charge on any atom is 0.345 e. The highest BCUT2D eigenvalue weighted by Crippen LogP contribution is 2.49. The molecule has 1 N–H and O–H groups in total. The van der Waals surface area contributed by atoms with Gasteiger partial charge in [-0.2, -0.15) is 0 Å². The monoisotopic (exact) mass is 773 g/mol. The molecule has 2 spiro atoms. The van der Waals surface area contributed by atoms with Gasteiger partial charge in [-0.25, -0.2) is 19.6 Å². The van der Waals surface area contributed by atoms with Crippen molar-refractivity contribution >= 4 is 44.6 Å². The Hall–Kier alpha value is -6.34. The van der Waals surface area contributed by atoms with Crippen molar-refractivity contribution in [2.75, 3.05) is 49.1 Å². The van der Waals surface area contributed by atoms with Gasteiger partial charge in [0.1, 0.15) is 11.2 Å². The lowest BCUT2D eigenvalue weighted by Crippen LogP contribution is -2.71. The second-order valence-corrected chi connectivity index (χ2v) is 17.2. The molecule has 13 nitrogen and oxygen atoms in total. The molecule has 4 aliphatic rings. The van der Waals surface area contributed by atoms with E-state index in [0.29, 0.717) is 44.5 Å². The van der Waals surface area contributed by atoms with Crippen LogP contribution in [0.4, 0.5) is 11.4 Å². The van der Waals surface area contributed by atoms with Crippen LogP contribution in [-0.2, 0) is 0 Å². The molecule has 0 radical (unpaired) electrons. The van der Waals surface area contributed by atoms with E-state index < -0.39 is 0 Å². The third-order valence-electron chi connectivity index (χ3n) is 12.7. The lowest BCUT2D eigenvalue weighted by molar-refractivity contribution is 0.0904. The summed E-state index contributed by atoms with van der Waals surface area (Å²) in [6.45, 7) is 14.3. The van der Waals surface area contributed by atoms with Gasteiger partial charge in [-0.15, -0.1) is 0 Å². The Bertz CT molecular complexity index is 2890. The summed E-state index contributed by atoms with van der Waals surface area (Å²) in [6, 6.07) is 16.0. The molecule has 13 heteroatoms. The maximum absolute atomic E-state index is 12.7. The number of nitrogens with one attached hydrogen (secondary N) is 1. The van der Waals surface area contributed by atoms with E-state index in [9.17, 15) is 9.59 Å². The van der Waals surface area contributed by atoms with Crippen molar-refractivity contribution in [2.45, 2.75) is 47.0 Å². The van der Waals surface area contributed by atoms with Crippen LogP contribution in [0.1, 0.15) is 42.0 Å². The summed E-state index contributed by atoms with van der Waals surface area (Å²) < 4.78 is 15.2. The zero-order valence-electron chi connectivity index (χ0n) is 33.0. The predicted molar refractivity (Wildman–Crippen MR) is 224 cm³/mol. The van der Waals surface area contributed by atoms with Crippen molar-refractivity contribution in [1.82, 2.24) is 34.1 Å². The molecule has 0 atom stereocenters. The van der Waals surface area contributed by atoms with E-state index in [2.05, 4.69) is 47.2 Å². The SMILES string of the molecule is Cc1cn2cc(-c3cc4ccc(N5CC6(CCC6)C5)cc4oc3=O)nc2c(C)n1.Cc1cn2cc(-c3cc4ccc(N5CC6(CNC6)C5)cc4oc3=O)nc2c(C)n1. The molecule has 4 fully saturated rings. The van der Waals surface area contributed by atoms with Crippen LogP contribution in [0.3, 0.4) is 0 Å². The minimum absolute atomic E-state index is 0.362. The summed E-state index contributed by atoms with van der Waals surface area (Å²) in [5, 5.41) is 5.16. The fourth-order valence-corrected chi connectivity index (χ4v) is 9.41. The fourth-order valence-electron chi connectivity index (χ4n) is 9.41. The standard InChI is InChI=1S/C23H22N4O2.C22H21N5O2/c1-14-10-26-11-19(25-21(26)15(2)24-14)18-8-16-4-5-17(9-20(16)29-22(18)28)27-12-23(13-27)6-3-7-23;1-13-7-26-8-18(25-20(26)14(2)24-13)17-5-15-3-4-16(6-19(15)29-21(17)28)27-11-22(12-27)9-23-10-22/h4-5,8-11H,3,6-7,12-13H2,1-2H3;3-8,23H,9-12H2,1-2H3. The van der Waals surface area contributed by atoms with Crippen LogP contribution in [0.5, 0.6) is 0 Å². The number of aryl methyl sites for hydroxylation is 4. The van der Waals surface area contributed by atoms with Crippen LogP contribution in [0, 0.1) is 38.5 Å². The first-order valence-electron chi connectivity index (χ1n) is 20.0. The van der Waals surface area contributed by atoms with Crippen LogP contribution in [0.25, 0.3) is 55.7 Å². The first-order valence-corrected chi connectivity index (χ1v) is 20.0. The van der Waals surface area contributed by atoms with E-state index in [1.807, 2.05) is 97.7 Å². The van der Waals surface area contributed by atoms with Crippen LogP contribution >= 0.6 is 0 Å². The molecule has 1 saturated carbocycles. The predicted octanol–water partition coefficient (Wildman–Crippen LogP) is 6.64. The molecule has 2 aromatic carbocycles. The molecule has 6 aromatic heterocycles. The summed E-state index contributed by atoms with van der Waals surface area (Å²) in [7, 11) is 0. The molecule has 12 rings (SSSR count). The fraction of sp³-hybridized carbons (Fsp3) is 0.333. The Kier molecular flexibility index (Phi) is 7.56. The quantitative estimate of drug-likeness (QED) is 0.193. The highest BCUT2D eigenvalue weighted by molar-refractivity contribution is 5.85. The first-order chi connectivity index (χ1) is 28.0. The highest BCUT2D eigenvalue weighted by atomic mass is 16.4. The number of nitrogens with zero attached hydrogens (tertiary/aromatic N) is 8. The first kappa shape index (κ1) is 34.9. The maximum atomic E-state index is 12.7. The van der Waals surface area contributed by atoms with Crippen molar-refractivity contribution in [3.05, 3.63) is 117 Å². The van der Waals surface area contributed by atoms with Gasteiger partial charge in [0.25, 0.3) is 0 Å². The van der Waals surface area contributed by atoms with Crippen molar-refractivity contribution < 1.29 is 8.83 Å². The van der Waals surface area contributed by atoms with Crippen LogP contribution in [0.15, 0.2) is 91.7 Å². The van der Waals surface area contributed by atoms with E-state index in [1.165, 1.54) is 19.3 Å². The van der Waals surface area contributed by atoms with Gasteiger partial charge in [0, 0.05) is 109 Å². The Labute approximate surface area is 333 Å². The van der Waals surface area contributed by atoms with Gasteiger partial charge in [-0.1, -0.05) is 6.42 Å². The molecule has 58 heavy (non-hydrogen) atoms. The molecular formula is C45H43N9O4. The second-order valence-electron chi connectivity index (χ2n) is 17.2. The number of fused-ring (bicyclic) bond motifs is 4. The Morgan fingerprint density at radius 3 is 1.47 bits per heavy atom. The van der Waals surface area contributed by atoms with Gasteiger partial charge in [-0.05, 0) is 76.9 Å². The van der Waals surface area contributed by atoms with E-state index in [4.69, 9.17) is 8.83 Å². The van der Waals surface area contributed by atoms with Gasteiger partial charge in [0.05, 0.1) is 45.3 Å². The lowest BCUT2D eigenvalue weighted by atomic mass is 9.63. The summed E-state index contributed by atoms with van der Waals surface area (Å²) in [4.78, 5) is 48.3. The van der Waals surface area contributed by atoms with E-state index in [-0.39, 0.29) is 11.3 Å². The zero-order chi connectivity index (χ0) is 39.5. The third-order valence-corrected chi connectivity index (χ3v) is 12.7. The largest absolute Gasteiger partial charge is 0.422 e. The van der Waals surface area contributed by atoms with Crippen molar-refractivity contribution in [1.29, 1.82) is 0 Å². The van der Waals surface area contributed by atoms with E-state index in [0.717, 1.165) is 95.5 Å². The second kappa shape index (κ2) is 12.6. The minimum Gasteiger partial charge on any atom is -0.422 e. The minimum atomic E-state index is -0.372. The molecule has 0 unspecified atom stereocenters. The highest BCUT2D eigenvalue weighted by Gasteiger charge is 2.48. The molecule has 0 bridgehead atoms. The van der Waals surface area contributed by atoms with Gasteiger partial charge in [0.15, 0.2) is 11.3 Å². The number of anilines is 2. The molecule has 9 heterocycles.